The Hall–Kier alpha value is -1.15. The molecule has 122 valence electrons. The van der Waals surface area contributed by atoms with Crippen molar-refractivity contribution in [3.63, 3.8) is 0 Å². The van der Waals surface area contributed by atoms with Crippen LogP contribution in [0.4, 0.5) is 0 Å². The molecule has 0 aliphatic carbocycles. The summed E-state index contributed by atoms with van der Waals surface area (Å²) in [6.45, 7) is 0.222. The summed E-state index contributed by atoms with van der Waals surface area (Å²) in [5.74, 6) is -1.75. The van der Waals surface area contributed by atoms with Crippen molar-refractivity contribution in [1.82, 2.24) is 0 Å². The van der Waals surface area contributed by atoms with Gasteiger partial charge in [0.1, 0.15) is 9.81 Å². The molecule has 1 aliphatic rings. The van der Waals surface area contributed by atoms with Crippen LogP contribution in [0.3, 0.4) is 0 Å². The third kappa shape index (κ3) is 7.22. The maximum atomic E-state index is 11.5. The summed E-state index contributed by atoms with van der Waals surface area (Å²) in [6, 6.07) is 0. The van der Waals surface area contributed by atoms with Gasteiger partial charge in [0.05, 0.1) is 6.61 Å². The smallest absolute Gasteiger partial charge is 0.339 e. The van der Waals surface area contributed by atoms with Crippen LogP contribution in [0.15, 0.2) is 20.8 Å². The third-order valence-electron chi connectivity index (χ3n) is 2.86. The van der Waals surface area contributed by atoms with E-state index in [4.69, 9.17) is 14.6 Å². The Morgan fingerprint density at radius 3 is 2.45 bits per heavy atom. The summed E-state index contributed by atoms with van der Waals surface area (Å²) in [4.78, 5) is 32.8. The average molecular weight is 440 g/mol. The van der Waals surface area contributed by atoms with E-state index in [0.717, 1.165) is 19.3 Å². The predicted octanol–water partition coefficient (Wildman–Crippen LogP) is 3.40. The summed E-state index contributed by atoms with van der Waals surface area (Å²) >= 11 is 6.38. The van der Waals surface area contributed by atoms with Crippen molar-refractivity contribution >= 4 is 49.8 Å². The van der Waals surface area contributed by atoms with E-state index in [2.05, 4.69) is 31.9 Å². The van der Waals surface area contributed by atoms with Crippen molar-refractivity contribution in [3.8, 4) is 0 Å². The number of esters is 2. The van der Waals surface area contributed by atoms with E-state index in [0.29, 0.717) is 27.6 Å². The van der Waals surface area contributed by atoms with Gasteiger partial charge in [0.2, 0.25) is 0 Å². The van der Waals surface area contributed by atoms with E-state index in [1.807, 2.05) is 0 Å². The lowest BCUT2D eigenvalue weighted by atomic mass is 10.1. The van der Waals surface area contributed by atoms with Crippen LogP contribution in [0, 0.1) is 0 Å². The molecule has 0 spiro atoms. The molecule has 0 radical (unpaired) electrons. The van der Waals surface area contributed by atoms with Gasteiger partial charge in [-0.15, -0.1) is 0 Å². The molecule has 1 heterocycles. The number of rotatable bonds is 9. The number of halogens is 2. The van der Waals surface area contributed by atoms with Crippen molar-refractivity contribution in [2.75, 3.05) is 6.61 Å². The molecule has 22 heavy (non-hydrogen) atoms. The lowest BCUT2D eigenvalue weighted by Gasteiger charge is -2.03. The van der Waals surface area contributed by atoms with E-state index >= 15 is 0 Å². The summed E-state index contributed by atoms with van der Waals surface area (Å²) in [5, 5.41) is 8.38. The van der Waals surface area contributed by atoms with Crippen molar-refractivity contribution in [1.29, 1.82) is 0 Å². The minimum Gasteiger partial charge on any atom is -0.481 e. The molecule has 0 bridgehead atoms. The Morgan fingerprint density at radius 2 is 1.86 bits per heavy atom. The molecule has 1 aliphatic heterocycles. The zero-order chi connectivity index (χ0) is 16.5. The predicted molar refractivity (Wildman–Crippen MR) is 85.4 cm³/mol. The Morgan fingerprint density at radius 1 is 1.18 bits per heavy atom. The van der Waals surface area contributed by atoms with Gasteiger partial charge < -0.3 is 14.6 Å². The van der Waals surface area contributed by atoms with E-state index < -0.39 is 18.4 Å². The van der Waals surface area contributed by atoms with Crippen molar-refractivity contribution < 1.29 is 29.0 Å². The number of hydrogen-bond acceptors (Lipinski definition) is 5. The van der Waals surface area contributed by atoms with Crippen LogP contribution in [0.5, 0.6) is 0 Å². The van der Waals surface area contributed by atoms with Crippen molar-refractivity contribution in [3.05, 3.63) is 20.8 Å². The zero-order valence-corrected chi connectivity index (χ0v) is 14.9. The fourth-order valence-electron chi connectivity index (χ4n) is 1.81. The second-order valence-electron chi connectivity index (χ2n) is 4.64. The van der Waals surface area contributed by atoms with E-state index in [1.54, 1.807) is 6.08 Å². The third-order valence-corrected chi connectivity index (χ3v) is 3.64. The van der Waals surface area contributed by atoms with Gasteiger partial charge in [0.15, 0.2) is 5.76 Å². The lowest BCUT2D eigenvalue weighted by Crippen LogP contribution is -2.11. The molecular formula is C14H16Br2O6. The van der Waals surface area contributed by atoms with Gasteiger partial charge in [0, 0.05) is 5.57 Å². The van der Waals surface area contributed by atoms with Gasteiger partial charge in [-0.1, -0.05) is 12.8 Å². The lowest BCUT2D eigenvalue weighted by molar-refractivity contribution is -0.151. The molecular weight excluding hydrogens is 424 g/mol. The van der Waals surface area contributed by atoms with Crippen LogP contribution in [0.2, 0.25) is 0 Å². The molecule has 0 saturated heterocycles. The van der Waals surface area contributed by atoms with Crippen LogP contribution in [-0.2, 0) is 23.9 Å². The highest BCUT2D eigenvalue weighted by atomic mass is 79.9. The SMILES string of the molecule is O=C(O)CC(=O)OCCCCCCC1=CC(=C(Br)Br)OC1=O. The standard InChI is InChI=1S/C14H16Br2O6/c15-13(16)10-7-9(14(20)22-10)5-3-1-2-4-6-21-12(19)8-11(17)18/h7H,1-6,8H2,(H,17,18). The Balaban J connectivity index is 2.10. The molecule has 0 amide bonds. The number of carboxylic acids is 1. The highest BCUT2D eigenvalue weighted by molar-refractivity contribution is 9.28. The highest BCUT2D eigenvalue weighted by Crippen LogP contribution is 2.29. The van der Waals surface area contributed by atoms with Gasteiger partial charge in [0.25, 0.3) is 0 Å². The summed E-state index contributed by atoms with van der Waals surface area (Å²) in [5.41, 5.74) is 0.638. The Bertz CT molecular complexity index is 505. The Kier molecular flexibility index (Phi) is 8.40. The molecule has 0 aromatic heterocycles. The van der Waals surface area contributed by atoms with E-state index in [1.165, 1.54) is 0 Å². The van der Waals surface area contributed by atoms with E-state index in [9.17, 15) is 14.4 Å². The fourth-order valence-corrected chi connectivity index (χ4v) is 2.20. The maximum Gasteiger partial charge on any atom is 0.339 e. The topological polar surface area (TPSA) is 89.9 Å². The number of allylic oxidation sites excluding steroid dienone is 1. The molecule has 0 fully saturated rings. The molecule has 8 heteroatoms. The number of aliphatic carboxylic acids is 1. The fraction of sp³-hybridized carbons (Fsp3) is 0.500. The minimum atomic E-state index is -1.19. The quantitative estimate of drug-likeness (QED) is 0.336. The van der Waals surface area contributed by atoms with Crippen LogP contribution in [0.25, 0.3) is 0 Å². The van der Waals surface area contributed by atoms with Gasteiger partial charge in [-0.05, 0) is 57.2 Å². The maximum absolute atomic E-state index is 11.5. The number of unbranched alkanes of at least 4 members (excludes halogenated alkanes) is 3. The molecule has 0 atom stereocenters. The molecule has 1 rings (SSSR count). The summed E-state index contributed by atoms with van der Waals surface area (Å²) in [6.07, 6.45) is 4.96. The number of cyclic esters (lactones) is 1. The summed E-state index contributed by atoms with van der Waals surface area (Å²) in [7, 11) is 0. The second kappa shape index (κ2) is 9.78. The second-order valence-corrected chi connectivity index (χ2v) is 7.29. The molecule has 0 unspecified atom stereocenters. The average Bonchev–Trinajstić information content (AvgIpc) is 2.78. The molecule has 0 aromatic rings. The first-order valence-corrected chi connectivity index (χ1v) is 8.34. The minimum absolute atomic E-state index is 0.222. The number of carbonyl (C=O) groups excluding carboxylic acids is 2. The molecule has 0 saturated carbocycles. The number of carboxylic acid groups (broad SMARTS) is 1. The van der Waals surface area contributed by atoms with Crippen LogP contribution >= 0.6 is 31.9 Å². The molecule has 1 N–H and O–H groups in total. The monoisotopic (exact) mass is 438 g/mol. The van der Waals surface area contributed by atoms with Gasteiger partial charge in [-0.2, -0.15) is 0 Å². The van der Waals surface area contributed by atoms with Crippen LogP contribution in [-0.4, -0.2) is 29.6 Å². The highest BCUT2D eigenvalue weighted by Gasteiger charge is 2.22. The zero-order valence-electron chi connectivity index (χ0n) is 11.8. The number of hydrogen-bond donors (Lipinski definition) is 1. The van der Waals surface area contributed by atoms with Gasteiger partial charge in [-0.25, -0.2) is 4.79 Å². The first-order chi connectivity index (χ1) is 10.4. The largest absolute Gasteiger partial charge is 0.481 e. The number of carbonyl (C=O) groups is 3. The Labute approximate surface area is 144 Å². The van der Waals surface area contributed by atoms with Crippen LogP contribution in [0.1, 0.15) is 38.5 Å². The van der Waals surface area contributed by atoms with Crippen molar-refractivity contribution in [2.45, 2.75) is 38.5 Å². The van der Waals surface area contributed by atoms with Gasteiger partial charge >= 0.3 is 17.9 Å². The first-order valence-electron chi connectivity index (χ1n) is 6.75. The first kappa shape index (κ1) is 18.9. The molecule has 6 nitrogen and oxygen atoms in total. The van der Waals surface area contributed by atoms with Crippen LogP contribution < -0.4 is 0 Å². The van der Waals surface area contributed by atoms with Gasteiger partial charge in [-0.3, -0.25) is 9.59 Å². The summed E-state index contributed by atoms with van der Waals surface area (Å²) < 4.78 is 10.4. The normalized spacial score (nSPS) is 13.6. The van der Waals surface area contributed by atoms with E-state index in [-0.39, 0.29) is 12.6 Å². The molecule has 0 aromatic carbocycles. The van der Waals surface area contributed by atoms with Crippen molar-refractivity contribution in [2.24, 2.45) is 0 Å². The number of ether oxygens (including phenoxy) is 2.